The zero-order chi connectivity index (χ0) is 27.5. The van der Waals surface area contributed by atoms with Crippen molar-refractivity contribution < 1.29 is 32.2 Å². The molecule has 1 aliphatic rings. The van der Waals surface area contributed by atoms with Crippen molar-refractivity contribution in [2.45, 2.75) is 36.8 Å². The summed E-state index contributed by atoms with van der Waals surface area (Å²) in [6, 6.07) is 17.7. The Balaban J connectivity index is 1.67. The second kappa shape index (κ2) is 10.8. The highest BCUT2D eigenvalue weighted by Crippen LogP contribution is 2.41. The number of methoxy groups -OCH3 is 3. The lowest BCUT2D eigenvalue weighted by Gasteiger charge is -2.38. The quantitative estimate of drug-likeness (QED) is 0.431. The van der Waals surface area contributed by atoms with Crippen molar-refractivity contribution >= 4 is 21.6 Å². The van der Waals surface area contributed by atoms with Crippen molar-refractivity contribution in [3.63, 3.8) is 0 Å². The van der Waals surface area contributed by atoms with Gasteiger partial charge in [-0.3, -0.25) is 9.10 Å². The fourth-order valence-electron chi connectivity index (χ4n) is 4.47. The average molecular weight is 541 g/mol. The van der Waals surface area contributed by atoms with Gasteiger partial charge in [0, 0.05) is 18.1 Å². The highest BCUT2D eigenvalue weighted by molar-refractivity contribution is 7.92. The first-order valence-electron chi connectivity index (χ1n) is 12.0. The second-order valence-electron chi connectivity index (χ2n) is 9.45. The summed E-state index contributed by atoms with van der Waals surface area (Å²) in [6.07, 6.45) is 0.498. The van der Waals surface area contributed by atoms with Crippen LogP contribution in [0.5, 0.6) is 23.0 Å². The number of ether oxygens (including phenoxy) is 4. The number of amides is 1. The highest BCUT2D eigenvalue weighted by Gasteiger charge is 2.36. The lowest BCUT2D eigenvalue weighted by molar-refractivity contribution is -0.120. The van der Waals surface area contributed by atoms with Crippen LogP contribution in [0.4, 0.5) is 5.69 Å². The molecular weight excluding hydrogens is 508 g/mol. The van der Waals surface area contributed by atoms with E-state index in [4.69, 9.17) is 18.9 Å². The summed E-state index contributed by atoms with van der Waals surface area (Å²) >= 11 is 0. The highest BCUT2D eigenvalue weighted by atomic mass is 32.2. The van der Waals surface area contributed by atoms with Crippen LogP contribution in [-0.2, 0) is 14.8 Å². The van der Waals surface area contributed by atoms with E-state index >= 15 is 0 Å². The molecule has 1 N–H and O–H groups in total. The Hall–Kier alpha value is -3.92. The number of sulfonamides is 1. The molecule has 0 aromatic heterocycles. The second-order valence-corrected chi connectivity index (χ2v) is 11.3. The van der Waals surface area contributed by atoms with Gasteiger partial charge in [-0.2, -0.15) is 0 Å². The van der Waals surface area contributed by atoms with Gasteiger partial charge in [-0.1, -0.05) is 12.1 Å². The third-order valence-electron chi connectivity index (χ3n) is 6.30. The number of nitrogens with one attached hydrogen (secondary N) is 1. The van der Waals surface area contributed by atoms with Crippen LogP contribution in [0.2, 0.25) is 0 Å². The predicted octanol–water partition coefficient (Wildman–Crippen LogP) is 4.33. The number of fused-ring (bicyclic) bond motifs is 1. The SMILES string of the molecule is COc1ccc(S(=O)(=O)N(CC(=O)NC2CC(C)(C)Oc3cc(OC)ccc32)c2ccccc2OC)cc1. The maximum Gasteiger partial charge on any atom is 0.264 e. The molecular formula is C28H32N2O7S. The number of rotatable bonds is 9. The minimum absolute atomic E-state index is 0.0154. The molecule has 202 valence electrons. The van der Waals surface area contributed by atoms with Gasteiger partial charge in [0.1, 0.15) is 35.1 Å². The molecule has 1 aliphatic heterocycles. The van der Waals surface area contributed by atoms with Crippen LogP contribution in [0.3, 0.4) is 0 Å². The fourth-order valence-corrected chi connectivity index (χ4v) is 5.90. The smallest absolute Gasteiger partial charge is 0.264 e. The zero-order valence-electron chi connectivity index (χ0n) is 22.1. The monoisotopic (exact) mass is 540 g/mol. The maximum atomic E-state index is 13.8. The summed E-state index contributed by atoms with van der Waals surface area (Å²) in [4.78, 5) is 13.5. The molecule has 9 nitrogen and oxygen atoms in total. The molecule has 38 heavy (non-hydrogen) atoms. The molecule has 0 spiro atoms. The van der Waals surface area contributed by atoms with Crippen molar-refractivity contribution in [2.75, 3.05) is 32.2 Å². The lowest BCUT2D eigenvalue weighted by atomic mass is 9.89. The summed E-state index contributed by atoms with van der Waals surface area (Å²) in [6.45, 7) is 3.41. The van der Waals surface area contributed by atoms with Crippen molar-refractivity contribution in [3.05, 3.63) is 72.3 Å². The number of nitrogens with zero attached hydrogens (tertiary/aromatic N) is 1. The van der Waals surface area contributed by atoms with Crippen molar-refractivity contribution in [1.82, 2.24) is 5.32 Å². The number of hydrogen-bond donors (Lipinski definition) is 1. The number of carbonyl (C=O) groups excluding carboxylic acids is 1. The molecule has 3 aromatic rings. The molecule has 1 heterocycles. The Kier molecular flexibility index (Phi) is 7.73. The molecule has 1 atom stereocenters. The van der Waals surface area contributed by atoms with Gasteiger partial charge in [0.15, 0.2) is 0 Å². The van der Waals surface area contributed by atoms with E-state index in [1.54, 1.807) is 55.6 Å². The van der Waals surface area contributed by atoms with E-state index in [9.17, 15) is 13.2 Å². The van der Waals surface area contributed by atoms with Gasteiger partial charge in [-0.15, -0.1) is 0 Å². The first-order valence-corrected chi connectivity index (χ1v) is 13.5. The van der Waals surface area contributed by atoms with Crippen molar-refractivity contribution in [2.24, 2.45) is 0 Å². The van der Waals surface area contributed by atoms with E-state index in [-0.39, 0.29) is 10.6 Å². The minimum Gasteiger partial charge on any atom is -0.497 e. The zero-order valence-corrected chi connectivity index (χ0v) is 22.9. The molecule has 0 radical (unpaired) electrons. The Morgan fingerprint density at radius 3 is 2.29 bits per heavy atom. The summed E-state index contributed by atoms with van der Waals surface area (Å²) in [7, 11) is 0.381. The molecule has 0 saturated heterocycles. The Bertz CT molecular complexity index is 1400. The van der Waals surface area contributed by atoms with Crippen LogP contribution in [0.1, 0.15) is 31.9 Å². The van der Waals surface area contributed by atoms with Gasteiger partial charge in [0.05, 0.1) is 38.0 Å². The number of benzene rings is 3. The fraction of sp³-hybridized carbons (Fsp3) is 0.321. The Morgan fingerprint density at radius 1 is 0.974 bits per heavy atom. The minimum atomic E-state index is -4.14. The van der Waals surface area contributed by atoms with Crippen LogP contribution in [-0.4, -0.2) is 47.8 Å². The van der Waals surface area contributed by atoms with Gasteiger partial charge in [0.2, 0.25) is 5.91 Å². The van der Waals surface area contributed by atoms with Gasteiger partial charge in [0.25, 0.3) is 10.0 Å². The van der Waals surface area contributed by atoms with E-state index in [1.165, 1.54) is 26.4 Å². The number of para-hydroxylation sites is 2. The van der Waals surface area contributed by atoms with Crippen LogP contribution in [0, 0.1) is 0 Å². The van der Waals surface area contributed by atoms with Gasteiger partial charge >= 0.3 is 0 Å². The molecule has 1 unspecified atom stereocenters. The van der Waals surface area contributed by atoms with E-state index in [2.05, 4.69) is 5.32 Å². The molecule has 0 bridgehead atoms. The van der Waals surface area contributed by atoms with Crippen LogP contribution < -0.4 is 28.6 Å². The predicted molar refractivity (Wildman–Crippen MR) is 144 cm³/mol. The van der Waals surface area contributed by atoms with Gasteiger partial charge in [-0.05, 0) is 62.4 Å². The first kappa shape index (κ1) is 27.1. The van der Waals surface area contributed by atoms with E-state index in [0.717, 1.165) is 9.87 Å². The van der Waals surface area contributed by atoms with Crippen LogP contribution in [0.25, 0.3) is 0 Å². The molecule has 0 fully saturated rings. The largest absolute Gasteiger partial charge is 0.497 e. The first-order chi connectivity index (χ1) is 18.1. The van der Waals surface area contributed by atoms with E-state index < -0.39 is 34.1 Å². The maximum absolute atomic E-state index is 13.8. The van der Waals surface area contributed by atoms with E-state index in [0.29, 0.717) is 29.4 Å². The number of anilines is 1. The van der Waals surface area contributed by atoms with Gasteiger partial charge < -0.3 is 24.3 Å². The van der Waals surface area contributed by atoms with Crippen molar-refractivity contribution in [1.29, 1.82) is 0 Å². The molecule has 10 heteroatoms. The Morgan fingerprint density at radius 2 is 1.63 bits per heavy atom. The van der Waals surface area contributed by atoms with Gasteiger partial charge in [-0.25, -0.2) is 8.42 Å². The molecule has 4 rings (SSSR count). The summed E-state index contributed by atoms with van der Waals surface area (Å²) in [5.41, 5.74) is 0.480. The summed E-state index contributed by atoms with van der Waals surface area (Å²) in [5, 5.41) is 3.02. The normalized spacial score (nSPS) is 16.0. The lowest BCUT2D eigenvalue weighted by Crippen LogP contribution is -2.45. The summed E-state index contributed by atoms with van der Waals surface area (Å²) < 4.78 is 50.7. The molecule has 1 amide bonds. The molecule has 0 saturated carbocycles. The topological polar surface area (TPSA) is 103 Å². The number of carbonyl (C=O) groups is 1. The average Bonchev–Trinajstić information content (AvgIpc) is 2.90. The third kappa shape index (κ3) is 5.65. The van der Waals surface area contributed by atoms with E-state index in [1.807, 2.05) is 19.9 Å². The van der Waals surface area contributed by atoms with Crippen molar-refractivity contribution in [3.8, 4) is 23.0 Å². The van der Waals surface area contributed by atoms with Crippen LogP contribution >= 0.6 is 0 Å². The number of hydrogen-bond acceptors (Lipinski definition) is 7. The standard InChI is InChI=1S/C28H32N2O7S/c1-28(2)17-23(22-15-12-20(35-4)16-26(22)37-28)29-27(31)18-30(24-8-6-7-9-25(24)36-5)38(32,33)21-13-10-19(34-3)11-14-21/h6-16,23H,17-18H2,1-5H3,(H,29,31). The Labute approximate surface area is 223 Å². The third-order valence-corrected chi connectivity index (χ3v) is 8.08. The molecule has 3 aromatic carbocycles. The summed E-state index contributed by atoms with van der Waals surface area (Å²) in [5.74, 6) is 1.61. The van der Waals surface area contributed by atoms with Crippen LogP contribution in [0.15, 0.2) is 71.6 Å². The molecule has 0 aliphatic carbocycles.